The van der Waals surface area contributed by atoms with Gasteiger partial charge in [0.15, 0.2) is 0 Å². The van der Waals surface area contributed by atoms with Crippen LogP contribution in [0.4, 0.5) is 0 Å². The third kappa shape index (κ3) is 3.31. The van der Waals surface area contributed by atoms with Gasteiger partial charge in [0.1, 0.15) is 0 Å². The molecule has 3 N–H and O–H groups in total. The van der Waals surface area contributed by atoms with Crippen molar-refractivity contribution in [3.8, 4) is 0 Å². The van der Waals surface area contributed by atoms with Gasteiger partial charge in [0.05, 0.1) is 12.1 Å². The number of nitrogens with one attached hydrogen (secondary N) is 2. The molecule has 1 aliphatic heterocycles. The van der Waals surface area contributed by atoms with Crippen molar-refractivity contribution in [2.45, 2.75) is 31.9 Å². The number of aryl methyl sites for hydroxylation is 1. The largest absolute Gasteiger partial charge is 0.387 e. The van der Waals surface area contributed by atoms with E-state index in [2.05, 4.69) is 10.6 Å². The molecule has 0 bridgehead atoms. The summed E-state index contributed by atoms with van der Waals surface area (Å²) in [5.41, 5.74) is 1.99. The fraction of sp³-hybridized carbons (Fsp3) is 0.500. The van der Waals surface area contributed by atoms with E-state index in [1.165, 1.54) is 0 Å². The Kier molecular flexibility index (Phi) is 4.33. The first-order chi connectivity index (χ1) is 8.66. The predicted octanol–water partition coefficient (Wildman–Crippen LogP) is 0.897. The van der Waals surface area contributed by atoms with Crippen LogP contribution in [0.3, 0.4) is 0 Å². The molecule has 1 saturated heterocycles. The van der Waals surface area contributed by atoms with E-state index < -0.39 is 6.10 Å². The fourth-order valence-electron chi connectivity index (χ4n) is 2.14. The smallest absolute Gasteiger partial charge is 0.237 e. The van der Waals surface area contributed by atoms with Crippen molar-refractivity contribution in [1.29, 1.82) is 0 Å². The number of benzene rings is 1. The maximum Gasteiger partial charge on any atom is 0.237 e. The SMILES string of the molecule is Cc1ccc(C(O)CNC(=O)C2CCCN2)cc1. The molecule has 0 saturated carbocycles. The number of hydrogen-bond donors (Lipinski definition) is 3. The average molecular weight is 248 g/mol. The third-order valence-corrected chi connectivity index (χ3v) is 3.31. The lowest BCUT2D eigenvalue weighted by Gasteiger charge is -2.15. The molecule has 1 fully saturated rings. The molecule has 4 nitrogen and oxygen atoms in total. The van der Waals surface area contributed by atoms with Crippen LogP contribution in [0, 0.1) is 6.92 Å². The number of rotatable bonds is 4. The van der Waals surface area contributed by atoms with E-state index in [0.717, 1.165) is 30.5 Å². The van der Waals surface area contributed by atoms with Crippen LogP contribution < -0.4 is 10.6 Å². The van der Waals surface area contributed by atoms with Gasteiger partial charge in [-0.3, -0.25) is 4.79 Å². The highest BCUT2D eigenvalue weighted by molar-refractivity contribution is 5.82. The predicted molar refractivity (Wildman–Crippen MR) is 70.2 cm³/mol. The Morgan fingerprint density at radius 3 is 2.83 bits per heavy atom. The second-order valence-corrected chi connectivity index (χ2v) is 4.82. The van der Waals surface area contributed by atoms with Gasteiger partial charge in [-0.15, -0.1) is 0 Å². The maximum absolute atomic E-state index is 11.8. The van der Waals surface area contributed by atoms with Crippen molar-refractivity contribution in [3.63, 3.8) is 0 Å². The summed E-state index contributed by atoms with van der Waals surface area (Å²) in [5.74, 6) is -0.0151. The minimum Gasteiger partial charge on any atom is -0.387 e. The number of hydrogen-bond acceptors (Lipinski definition) is 3. The number of aliphatic hydroxyl groups is 1. The Hall–Kier alpha value is -1.39. The zero-order chi connectivity index (χ0) is 13.0. The van der Waals surface area contributed by atoms with E-state index in [4.69, 9.17) is 0 Å². The molecule has 4 heteroatoms. The molecule has 0 radical (unpaired) electrons. The Morgan fingerprint density at radius 2 is 2.22 bits per heavy atom. The van der Waals surface area contributed by atoms with Crippen molar-refractivity contribution in [3.05, 3.63) is 35.4 Å². The van der Waals surface area contributed by atoms with Gasteiger partial charge < -0.3 is 15.7 Å². The minimum atomic E-state index is -0.643. The third-order valence-electron chi connectivity index (χ3n) is 3.31. The summed E-state index contributed by atoms with van der Waals surface area (Å²) >= 11 is 0. The van der Waals surface area contributed by atoms with Gasteiger partial charge in [0.2, 0.25) is 5.91 Å². The van der Waals surface area contributed by atoms with Crippen LogP contribution in [-0.2, 0) is 4.79 Å². The quantitative estimate of drug-likeness (QED) is 0.742. The van der Waals surface area contributed by atoms with Crippen LogP contribution in [0.2, 0.25) is 0 Å². The topological polar surface area (TPSA) is 61.4 Å². The lowest BCUT2D eigenvalue weighted by molar-refractivity contribution is -0.123. The first kappa shape index (κ1) is 13.1. The molecule has 2 atom stereocenters. The van der Waals surface area contributed by atoms with Gasteiger partial charge in [-0.1, -0.05) is 29.8 Å². The molecule has 1 aromatic rings. The first-order valence-corrected chi connectivity index (χ1v) is 6.42. The molecule has 0 aliphatic carbocycles. The second-order valence-electron chi connectivity index (χ2n) is 4.82. The molecular weight excluding hydrogens is 228 g/mol. The highest BCUT2D eigenvalue weighted by Crippen LogP contribution is 2.13. The number of carbonyl (C=O) groups excluding carboxylic acids is 1. The van der Waals surface area contributed by atoms with Crippen molar-refractivity contribution in [1.82, 2.24) is 10.6 Å². The summed E-state index contributed by atoms with van der Waals surface area (Å²) in [7, 11) is 0. The summed E-state index contributed by atoms with van der Waals surface area (Å²) in [6.45, 7) is 3.17. The highest BCUT2D eigenvalue weighted by atomic mass is 16.3. The molecule has 98 valence electrons. The second kappa shape index (κ2) is 5.98. The fourth-order valence-corrected chi connectivity index (χ4v) is 2.14. The van der Waals surface area contributed by atoms with Gasteiger partial charge in [0, 0.05) is 6.54 Å². The first-order valence-electron chi connectivity index (χ1n) is 6.42. The zero-order valence-electron chi connectivity index (χ0n) is 10.6. The van der Waals surface area contributed by atoms with Gasteiger partial charge in [-0.25, -0.2) is 0 Å². The Balaban J connectivity index is 1.82. The molecular formula is C14H20N2O2. The van der Waals surface area contributed by atoms with E-state index >= 15 is 0 Å². The summed E-state index contributed by atoms with van der Waals surface area (Å²) in [6, 6.07) is 7.60. The molecule has 1 aliphatic rings. The molecule has 2 unspecified atom stereocenters. The molecule has 1 amide bonds. The van der Waals surface area contributed by atoms with E-state index in [0.29, 0.717) is 0 Å². The molecule has 0 spiro atoms. The molecule has 1 heterocycles. The Bertz CT molecular complexity index is 397. The van der Waals surface area contributed by atoms with Crippen LogP contribution in [0.1, 0.15) is 30.1 Å². The van der Waals surface area contributed by atoms with Gasteiger partial charge in [-0.2, -0.15) is 0 Å². The van der Waals surface area contributed by atoms with Crippen molar-refractivity contribution in [2.24, 2.45) is 0 Å². The van der Waals surface area contributed by atoms with Gasteiger partial charge in [0.25, 0.3) is 0 Å². The molecule has 1 aromatic carbocycles. The summed E-state index contributed by atoms with van der Waals surface area (Å²) in [4.78, 5) is 11.8. The summed E-state index contributed by atoms with van der Waals surface area (Å²) in [6.07, 6.45) is 1.28. The van der Waals surface area contributed by atoms with E-state index in [1.807, 2.05) is 31.2 Å². The van der Waals surface area contributed by atoms with Crippen LogP contribution in [-0.4, -0.2) is 30.1 Å². The van der Waals surface area contributed by atoms with E-state index in [-0.39, 0.29) is 18.5 Å². The molecule has 0 aromatic heterocycles. The van der Waals surface area contributed by atoms with Crippen LogP contribution in [0.25, 0.3) is 0 Å². The van der Waals surface area contributed by atoms with Crippen molar-refractivity contribution < 1.29 is 9.90 Å². The molecule has 2 rings (SSSR count). The number of aliphatic hydroxyl groups excluding tert-OH is 1. The maximum atomic E-state index is 11.8. The van der Waals surface area contributed by atoms with Crippen LogP contribution >= 0.6 is 0 Å². The monoisotopic (exact) mass is 248 g/mol. The minimum absolute atomic E-state index is 0.0151. The average Bonchev–Trinajstić information content (AvgIpc) is 2.90. The zero-order valence-corrected chi connectivity index (χ0v) is 10.6. The van der Waals surface area contributed by atoms with E-state index in [9.17, 15) is 9.90 Å². The summed E-state index contributed by atoms with van der Waals surface area (Å²) < 4.78 is 0. The van der Waals surface area contributed by atoms with E-state index in [1.54, 1.807) is 0 Å². The van der Waals surface area contributed by atoms with Crippen molar-refractivity contribution in [2.75, 3.05) is 13.1 Å². The Labute approximate surface area is 107 Å². The Morgan fingerprint density at radius 1 is 1.50 bits per heavy atom. The van der Waals surface area contributed by atoms with Crippen molar-refractivity contribution >= 4 is 5.91 Å². The van der Waals surface area contributed by atoms with Crippen LogP contribution in [0.15, 0.2) is 24.3 Å². The normalized spacial score (nSPS) is 20.7. The lowest BCUT2D eigenvalue weighted by atomic mass is 10.1. The molecule has 18 heavy (non-hydrogen) atoms. The van der Waals surface area contributed by atoms with Gasteiger partial charge in [-0.05, 0) is 31.9 Å². The van der Waals surface area contributed by atoms with Crippen LogP contribution in [0.5, 0.6) is 0 Å². The summed E-state index contributed by atoms with van der Waals surface area (Å²) in [5, 5.41) is 15.9. The standard InChI is InChI=1S/C14H20N2O2/c1-10-4-6-11(7-5-10)13(17)9-16-14(18)12-3-2-8-15-12/h4-7,12-13,15,17H,2-3,8-9H2,1H3,(H,16,18). The lowest BCUT2D eigenvalue weighted by Crippen LogP contribution is -2.41. The number of amides is 1. The highest BCUT2D eigenvalue weighted by Gasteiger charge is 2.22. The number of carbonyl (C=O) groups is 1. The van der Waals surface area contributed by atoms with Gasteiger partial charge >= 0.3 is 0 Å².